The van der Waals surface area contributed by atoms with Crippen LogP contribution in [0.25, 0.3) is 0 Å². The second-order valence-electron chi connectivity index (χ2n) is 9.22. The van der Waals surface area contributed by atoms with E-state index in [-0.39, 0.29) is 29.6 Å². The van der Waals surface area contributed by atoms with Crippen molar-refractivity contribution in [1.82, 2.24) is 9.13 Å². The third kappa shape index (κ3) is 6.78. The molecule has 3 rings (SSSR count). The van der Waals surface area contributed by atoms with Crippen LogP contribution < -0.4 is 11.2 Å². The summed E-state index contributed by atoms with van der Waals surface area (Å²) in [5, 5.41) is 0. The van der Waals surface area contributed by atoms with Crippen LogP contribution in [0.2, 0.25) is 0 Å². The van der Waals surface area contributed by atoms with Crippen LogP contribution in [-0.2, 0) is 25.2 Å². The number of nitrogens with zero attached hydrogens (tertiary/aromatic N) is 2. The summed E-state index contributed by atoms with van der Waals surface area (Å²) in [7, 11) is 0. The Bertz CT molecular complexity index is 1320. The largest absolute Gasteiger partial charge is 0.463 e. The zero-order valence-electron chi connectivity index (χ0n) is 20.5. The first-order valence-electron chi connectivity index (χ1n) is 11.1. The van der Waals surface area contributed by atoms with Crippen LogP contribution in [0.4, 0.5) is 13.2 Å². The molecular formula is C24H25F3N2O8. The first kappa shape index (κ1) is 27.9. The SMILES string of the molecule is CC(=O)OC[C@H]1O[C@@H](n2cc(C(F)(F)F)c(=O)n(C(=O)c3ccco3)c2=O)C[C@@H]1OCC#CC(C)(C)C. The minimum absolute atomic E-state index is 0.0617. The normalized spacial score (nSPS) is 19.8. The number of aromatic nitrogens is 2. The number of rotatable bonds is 6. The number of carbonyl (C=O) groups is 2. The lowest BCUT2D eigenvalue weighted by Crippen LogP contribution is -2.47. The summed E-state index contributed by atoms with van der Waals surface area (Å²) >= 11 is 0. The zero-order chi connectivity index (χ0) is 27.5. The Balaban J connectivity index is 2.01. The Morgan fingerprint density at radius 2 is 1.92 bits per heavy atom. The van der Waals surface area contributed by atoms with Gasteiger partial charge < -0.3 is 18.6 Å². The highest BCUT2D eigenvalue weighted by atomic mass is 19.4. The molecule has 0 amide bonds. The minimum atomic E-state index is -5.19. The maximum atomic E-state index is 13.7. The van der Waals surface area contributed by atoms with Crippen LogP contribution in [-0.4, -0.2) is 46.4 Å². The maximum absolute atomic E-state index is 13.7. The first-order valence-corrected chi connectivity index (χ1v) is 11.1. The van der Waals surface area contributed by atoms with E-state index in [1.807, 2.05) is 20.8 Å². The van der Waals surface area contributed by atoms with E-state index in [0.29, 0.717) is 10.8 Å². The van der Waals surface area contributed by atoms with E-state index < -0.39 is 59.1 Å². The topological polar surface area (TPSA) is 119 Å². The molecule has 0 unspecified atom stereocenters. The van der Waals surface area contributed by atoms with Crippen LogP contribution in [0.1, 0.15) is 56.5 Å². The average molecular weight is 526 g/mol. The van der Waals surface area contributed by atoms with E-state index in [2.05, 4.69) is 11.8 Å². The Labute approximate surface area is 208 Å². The highest BCUT2D eigenvalue weighted by Crippen LogP contribution is 2.32. The Morgan fingerprint density at radius 3 is 2.49 bits per heavy atom. The fraction of sp³-hybridized carbons (Fsp3) is 0.500. The Morgan fingerprint density at radius 1 is 1.22 bits per heavy atom. The van der Waals surface area contributed by atoms with Crippen molar-refractivity contribution in [1.29, 1.82) is 0 Å². The maximum Gasteiger partial charge on any atom is 0.423 e. The fourth-order valence-electron chi connectivity index (χ4n) is 3.51. The number of hydrogen-bond donors (Lipinski definition) is 0. The van der Waals surface area contributed by atoms with E-state index in [4.69, 9.17) is 18.6 Å². The number of hydrogen-bond acceptors (Lipinski definition) is 8. The van der Waals surface area contributed by atoms with Crippen molar-refractivity contribution in [3.8, 4) is 11.8 Å². The molecule has 3 heterocycles. The van der Waals surface area contributed by atoms with Crippen molar-refractivity contribution in [3.63, 3.8) is 0 Å². The third-order valence-electron chi connectivity index (χ3n) is 5.13. The van der Waals surface area contributed by atoms with E-state index in [1.165, 1.54) is 6.07 Å². The van der Waals surface area contributed by atoms with Gasteiger partial charge in [0.25, 0.3) is 5.56 Å². The molecule has 13 heteroatoms. The smallest absolute Gasteiger partial charge is 0.423 e. The van der Waals surface area contributed by atoms with Crippen molar-refractivity contribution in [2.24, 2.45) is 5.41 Å². The van der Waals surface area contributed by atoms with E-state index in [1.54, 1.807) is 0 Å². The molecule has 0 saturated carbocycles. The van der Waals surface area contributed by atoms with Crippen molar-refractivity contribution < 1.29 is 41.4 Å². The molecule has 10 nitrogen and oxygen atoms in total. The van der Waals surface area contributed by atoms with Gasteiger partial charge in [-0.2, -0.15) is 17.7 Å². The predicted molar refractivity (Wildman–Crippen MR) is 121 cm³/mol. The van der Waals surface area contributed by atoms with Crippen molar-refractivity contribution in [2.75, 3.05) is 13.2 Å². The van der Waals surface area contributed by atoms with Gasteiger partial charge in [0.05, 0.1) is 12.4 Å². The van der Waals surface area contributed by atoms with E-state index >= 15 is 0 Å². The van der Waals surface area contributed by atoms with Gasteiger partial charge in [-0.05, 0) is 32.9 Å². The molecule has 0 bridgehead atoms. The zero-order valence-corrected chi connectivity index (χ0v) is 20.5. The lowest BCUT2D eigenvalue weighted by atomic mass is 9.98. The highest BCUT2D eigenvalue weighted by Gasteiger charge is 2.42. The molecule has 200 valence electrons. The Kier molecular flexibility index (Phi) is 8.14. The van der Waals surface area contributed by atoms with Crippen molar-refractivity contribution >= 4 is 11.9 Å². The molecule has 0 N–H and O–H groups in total. The molecule has 1 saturated heterocycles. The number of alkyl halides is 3. The Hall–Kier alpha value is -3.63. The summed E-state index contributed by atoms with van der Waals surface area (Å²) in [6.45, 7) is 6.46. The first-order chi connectivity index (χ1) is 17.2. The van der Waals surface area contributed by atoms with Crippen LogP contribution >= 0.6 is 0 Å². The summed E-state index contributed by atoms with van der Waals surface area (Å²) < 4.78 is 62.7. The molecule has 1 aliphatic heterocycles. The van der Waals surface area contributed by atoms with E-state index in [0.717, 1.165) is 19.3 Å². The molecule has 0 aliphatic carbocycles. The third-order valence-corrected chi connectivity index (χ3v) is 5.13. The summed E-state index contributed by atoms with van der Waals surface area (Å²) in [6, 6.07) is 2.37. The van der Waals surface area contributed by atoms with Crippen LogP contribution in [0, 0.1) is 17.3 Å². The number of furan rings is 1. The molecule has 2 aromatic heterocycles. The predicted octanol–water partition coefficient (Wildman–Crippen LogP) is 2.60. The van der Waals surface area contributed by atoms with Gasteiger partial charge in [-0.3, -0.25) is 19.0 Å². The average Bonchev–Trinajstić information content (AvgIpc) is 3.44. The number of halogens is 3. The van der Waals surface area contributed by atoms with Gasteiger partial charge in [0.2, 0.25) is 0 Å². The minimum Gasteiger partial charge on any atom is -0.463 e. The molecule has 1 aliphatic rings. The molecular weight excluding hydrogens is 501 g/mol. The molecule has 2 aromatic rings. The molecule has 37 heavy (non-hydrogen) atoms. The van der Waals surface area contributed by atoms with E-state index in [9.17, 15) is 32.3 Å². The molecule has 0 aromatic carbocycles. The molecule has 0 radical (unpaired) electrons. The van der Waals surface area contributed by atoms with Gasteiger partial charge in [0.15, 0.2) is 5.76 Å². The lowest BCUT2D eigenvalue weighted by Gasteiger charge is -2.19. The summed E-state index contributed by atoms with van der Waals surface area (Å²) in [6.07, 6.45) is -7.17. The second kappa shape index (κ2) is 10.8. The highest BCUT2D eigenvalue weighted by molar-refractivity contribution is 5.93. The summed E-state index contributed by atoms with van der Waals surface area (Å²) in [5.74, 6) is 3.27. The standard InChI is InChI=1S/C24H25F3N2O8/c1-14(30)36-13-18-17(35-10-6-8-23(2,3)4)11-19(37-18)28-12-15(24(25,26)27)20(31)29(22(28)33)21(32)16-7-5-9-34-16/h5,7,9,12,17-19H,10-11,13H2,1-4H3/t17-,18+,19+/m0/s1. The number of ether oxygens (including phenoxy) is 3. The van der Waals surface area contributed by atoms with Gasteiger partial charge in [-0.15, -0.1) is 0 Å². The van der Waals surface area contributed by atoms with Crippen molar-refractivity contribution in [2.45, 2.75) is 58.7 Å². The summed E-state index contributed by atoms with van der Waals surface area (Å²) in [5.41, 5.74) is -5.28. The molecule has 3 atom stereocenters. The van der Waals surface area contributed by atoms with Crippen molar-refractivity contribution in [3.05, 3.63) is 56.8 Å². The second-order valence-corrected chi connectivity index (χ2v) is 9.22. The quantitative estimate of drug-likeness (QED) is 0.416. The van der Waals surface area contributed by atoms with Gasteiger partial charge >= 0.3 is 23.7 Å². The van der Waals surface area contributed by atoms with Crippen LogP contribution in [0.5, 0.6) is 0 Å². The number of carbonyl (C=O) groups excluding carboxylic acids is 2. The van der Waals surface area contributed by atoms with Crippen LogP contribution in [0.15, 0.2) is 38.6 Å². The van der Waals surface area contributed by atoms with Gasteiger partial charge in [-0.1, -0.05) is 11.8 Å². The van der Waals surface area contributed by atoms with Gasteiger partial charge in [0, 0.05) is 25.0 Å². The molecule has 1 fully saturated rings. The fourth-order valence-corrected chi connectivity index (χ4v) is 3.51. The van der Waals surface area contributed by atoms with Gasteiger partial charge in [-0.25, -0.2) is 4.79 Å². The number of esters is 1. The summed E-state index contributed by atoms with van der Waals surface area (Å²) in [4.78, 5) is 49.7. The van der Waals surface area contributed by atoms with Gasteiger partial charge in [0.1, 0.15) is 31.1 Å². The lowest BCUT2D eigenvalue weighted by molar-refractivity contribution is -0.148. The molecule has 0 spiro atoms. The van der Waals surface area contributed by atoms with Crippen LogP contribution in [0.3, 0.4) is 0 Å². The monoisotopic (exact) mass is 526 g/mol.